The molecule has 0 saturated heterocycles. The molecule has 28 heavy (non-hydrogen) atoms. The molecule has 7 nitrogen and oxygen atoms in total. The van der Waals surface area contributed by atoms with Gasteiger partial charge in [-0.3, -0.25) is 4.79 Å². The first-order valence-corrected chi connectivity index (χ1v) is 9.08. The Labute approximate surface area is 165 Å². The minimum atomic E-state index is -0.385. The quantitative estimate of drug-likeness (QED) is 0.498. The molecule has 0 radical (unpaired) electrons. The van der Waals surface area contributed by atoms with Crippen LogP contribution in [0.4, 0.5) is 0 Å². The monoisotopic (exact) mass is 386 g/mol. The molecule has 0 aliphatic rings. The molecule has 0 bridgehead atoms. The van der Waals surface area contributed by atoms with Crippen LogP contribution >= 0.6 is 0 Å². The Morgan fingerprint density at radius 3 is 2.50 bits per heavy atom. The Hall–Kier alpha value is -3.22. The molecule has 7 heteroatoms. The van der Waals surface area contributed by atoms with E-state index in [0.29, 0.717) is 41.8 Å². The molecule has 2 rings (SSSR count). The normalized spacial score (nSPS) is 10.6. The van der Waals surface area contributed by atoms with Gasteiger partial charge in [-0.2, -0.15) is 5.10 Å². The maximum absolute atomic E-state index is 12.4. The largest absolute Gasteiger partial charge is 0.497 e. The Morgan fingerprint density at radius 1 is 1.00 bits per heavy atom. The van der Waals surface area contributed by atoms with E-state index in [9.17, 15) is 4.79 Å². The number of methoxy groups -OCH3 is 2. The van der Waals surface area contributed by atoms with Gasteiger partial charge in [0, 0.05) is 6.07 Å². The van der Waals surface area contributed by atoms with Crippen LogP contribution in [-0.2, 0) is 0 Å². The van der Waals surface area contributed by atoms with Crippen molar-refractivity contribution in [3.05, 3.63) is 47.5 Å². The highest BCUT2D eigenvalue weighted by Crippen LogP contribution is 2.28. The molecule has 2 aromatic carbocycles. The average Bonchev–Trinajstić information content (AvgIpc) is 2.72. The number of hydrazone groups is 1. The smallest absolute Gasteiger partial charge is 0.275 e. The lowest BCUT2D eigenvalue weighted by molar-refractivity contribution is 0.0952. The van der Waals surface area contributed by atoms with Crippen LogP contribution in [0.2, 0.25) is 0 Å². The lowest BCUT2D eigenvalue weighted by Crippen LogP contribution is -2.18. The van der Waals surface area contributed by atoms with Gasteiger partial charge in [0.25, 0.3) is 5.91 Å². The number of carbonyl (C=O) groups is 1. The molecule has 0 spiro atoms. The van der Waals surface area contributed by atoms with E-state index in [4.69, 9.17) is 18.9 Å². The first-order valence-electron chi connectivity index (χ1n) is 9.08. The van der Waals surface area contributed by atoms with Gasteiger partial charge in [-0.15, -0.1) is 0 Å². The summed E-state index contributed by atoms with van der Waals surface area (Å²) in [5.41, 5.74) is 3.63. The highest BCUT2D eigenvalue weighted by atomic mass is 16.5. The number of hydrogen-bond acceptors (Lipinski definition) is 6. The summed E-state index contributed by atoms with van der Waals surface area (Å²) in [6.45, 7) is 5.10. The van der Waals surface area contributed by atoms with E-state index in [0.717, 1.165) is 12.0 Å². The zero-order valence-corrected chi connectivity index (χ0v) is 16.7. The molecule has 0 aromatic heterocycles. The fraction of sp³-hybridized carbons (Fsp3) is 0.333. The van der Waals surface area contributed by atoms with Crippen molar-refractivity contribution >= 4 is 12.1 Å². The maximum Gasteiger partial charge on any atom is 0.275 e. The predicted molar refractivity (Wildman–Crippen MR) is 108 cm³/mol. The minimum Gasteiger partial charge on any atom is -0.497 e. The maximum atomic E-state index is 12.4. The zero-order valence-electron chi connectivity index (χ0n) is 16.7. The van der Waals surface area contributed by atoms with Crippen LogP contribution in [0.3, 0.4) is 0 Å². The second-order valence-corrected chi connectivity index (χ2v) is 5.75. The highest BCUT2D eigenvalue weighted by Gasteiger charge is 2.12. The van der Waals surface area contributed by atoms with Crippen molar-refractivity contribution in [2.45, 2.75) is 20.3 Å². The summed E-state index contributed by atoms with van der Waals surface area (Å²) in [5, 5.41) is 4.02. The Balaban J connectivity index is 2.09. The first-order chi connectivity index (χ1) is 13.6. The molecule has 150 valence electrons. The lowest BCUT2D eigenvalue weighted by atomic mass is 10.2. The molecule has 0 aliphatic carbocycles. The van der Waals surface area contributed by atoms with E-state index in [1.165, 1.54) is 7.11 Å². The third-order valence-electron chi connectivity index (χ3n) is 3.76. The van der Waals surface area contributed by atoms with Gasteiger partial charge in [-0.1, -0.05) is 6.92 Å². The second kappa shape index (κ2) is 10.8. The lowest BCUT2D eigenvalue weighted by Gasteiger charge is -2.12. The van der Waals surface area contributed by atoms with E-state index in [-0.39, 0.29) is 5.91 Å². The summed E-state index contributed by atoms with van der Waals surface area (Å²) in [6, 6.07) is 10.4. The molecule has 0 unspecified atom stereocenters. The number of benzene rings is 2. The van der Waals surface area contributed by atoms with Gasteiger partial charge in [0.2, 0.25) is 0 Å². The molecule has 2 aromatic rings. The van der Waals surface area contributed by atoms with E-state index in [1.54, 1.807) is 31.5 Å². The number of amides is 1. The third kappa shape index (κ3) is 5.64. The standard InChI is InChI=1S/C21H26N2O5/c1-5-11-28-18-10-7-15(12-20(18)27-6-2)14-22-23-21(24)17-9-8-16(25-3)13-19(17)26-4/h7-10,12-14H,5-6,11H2,1-4H3,(H,23,24)/b22-14-. The summed E-state index contributed by atoms with van der Waals surface area (Å²) in [4.78, 5) is 12.4. The van der Waals surface area contributed by atoms with Crippen LogP contribution < -0.4 is 24.4 Å². The van der Waals surface area contributed by atoms with Crippen molar-refractivity contribution in [3.63, 3.8) is 0 Å². The fourth-order valence-corrected chi connectivity index (χ4v) is 2.42. The molecule has 1 amide bonds. The summed E-state index contributed by atoms with van der Waals surface area (Å²) in [6.07, 6.45) is 2.45. The molecular formula is C21H26N2O5. The van der Waals surface area contributed by atoms with Crippen LogP contribution in [0.25, 0.3) is 0 Å². The van der Waals surface area contributed by atoms with Crippen LogP contribution in [0, 0.1) is 0 Å². The molecule has 0 aliphatic heterocycles. The number of ether oxygens (including phenoxy) is 4. The zero-order chi connectivity index (χ0) is 20.4. The molecule has 0 heterocycles. The van der Waals surface area contributed by atoms with Gasteiger partial charge >= 0.3 is 0 Å². The topological polar surface area (TPSA) is 78.4 Å². The highest BCUT2D eigenvalue weighted by molar-refractivity contribution is 5.97. The molecule has 0 atom stereocenters. The van der Waals surface area contributed by atoms with Gasteiger partial charge in [-0.25, -0.2) is 5.43 Å². The van der Waals surface area contributed by atoms with Crippen LogP contribution in [0.15, 0.2) is 41.5 Å². The number of nitrogens with one attached hydrogen (secondary N) is 1. The Bertz CT molecular complexity index is 820. The van der Waals surface area contributed by atoms with Crippen molar-refractivity contribution in [1.82, 2.24) is 5.43 Å². The van der Waals surface area contributed by atoms with Crippen molar-refractivity contribution in [2.24, 2.45) is 5.10 Å². The number of rotatable bonds is 10. The van der Waals surface area contributed by atoms with Gasteiger partial charge in [0.15, 0.2) is 11.5 Å². The second-order valence-electron chi connectivity index (χ2n) is 5.75. The average molecular weight is 386 g/mol. The Morgan fingerprint density at radius 2 is 1.82 bits per heavy atom. The number of hydrogen-bond donors (Lipinski definition) is 1. The Kier molecular flexibility index (Phi) is 8.14. The van der Waals surface area contributed by atoms with Gasteiger partial charge in [0.1, 0.15) is 11.5 Å². The van der Waals surface area contributed by atoms with E-state index in [1.807, 2.05) is 32.0 Å². The number of nitrogens with zero attached hydrogens (tertiary/aromatic N) is 1. The summed E-state index contributed by atoms with van der Waals surface area (Å²) in [7, 11) is 3.04. The molecular weight excluding hydrogens is 360 g/mol. The van der Waals surface area contributed by atoms with Gasteiger partial charge in [0.05, 0.1) is 39.2 Å². The van der Waals surface area contributed by atoms with Crippen molar-refractivity contribution < 1.29 is 23.7 Å². The minimum absolute atomic E-state index is 0.360. The predicted octanol–water partition coefficient (Wildman–Crippen LogP) is 3.66. The molecule has 0 fully saturated rings. The van der Waals surface area contributed by atoms with Gasteiger partial charge < -0.3 is 18.9 Å². The van der Waals surface area contributed by atoms with Crippen molar-refractivity contribution in [1.29, 1.82) is 0 Å². The van der Waals surface area contributed by atoms with Crippen LogP contribution in [-0.4, -0.2) is 39.6 Å². The molecule has 0 saturated carbocycles. The van der Waals surface area contributed by atoms with Crippen molar-refractivity contribution in [3.8, 4) is 23.0 Å². The number of carbonyl (C=O) groups excluding carboxylic acids is 1. The van der Waals surface area contributed by atoms with E-state index < -0.39 is 0 Å². The summed E-state index contributed by atoms with van der Waals surface area (Å²) < 4.78 is 21.7. The van der Waals surface area contributed by atoms with Crippen LogP contribution in [0.5, 0.6) is 23.0 Å². The van der Waals surface area contributed by atoms with Crippen LogP contribution in [0.1, 0.15) is 36.2 Å². The van der Waals surface area contributed by atoms with Crippen molar-refractivity contribution in [2.75, 3.05) is 27.4 Å². The summed E-state index contributed by atoms with van der Waals surface area (Å²) in [5.74, 6) is 1.95. The summed E-state index contributed by atoms with van der Waals surface area (Å²) >= 11 is 0. The van der Waals surface area contributed by atoms with E-state index in [2.05, 4.69) is 10.5 Å². The third-order valence-corrected chi connectivity index (χ3v) is 3.76. The van der Waals surface area contributed by atoms with Gasteiger partial charge in [-0.05, 0) is 49.2 Å². The first kappa shape index (κ1) is 21.1. The van der Waals surface area contributed by atoms with E-state index >= 15 is 0 Å². The molecule has 1 N–H and O–H groups in total. The fourth-order valence-electron chi connectivity index (χ4n) is 2.42. The SMILES string of the molecule is CCCOc1ccc(/C=N\NC(=O)c2ccc(OC)cc2OC)cc1OCC.